The Morgan fingerprint density at radius 3 is 2.85 bits per heavy atom. The third kappa shape index (κ3) is 2.01. The molecule has 0 aromatic carbocycles. The first-order valence-corrected chi connectivity index (χ1v) is 7.45. The zero-order valence-electron chi connectivity index (χ0n) is 11.5. The van der Waals surface area contributed by atoms with Gasteiger partial charge in [0.1, 0.15) is 17.4 Å². The second kappa shape index (κ2) is 5.14. The first-order chi connectivity index (χ1) is 9.93. The maximum Gasteiger partial charge on any atom is 0.160 e. The smallest absolute Gasteiger partial charge is 0.160 e. The number of imidazole rings is 1. The minimum Gasteiger partial charge on any atom is -0.381 e. The maximum absolute atomic E-state index is 5.86. The fourth-order valence-corrected chi connectivity index (χ4v) is 3.26. The fourth-order valence-electron chi connectivity index (χ4n) is 3.26. The molecule has 2 fully saturated rings. The number of nitrogens with zero attached hydrogens (tertiary/aromatic N) is 3. The molecule has 5 heteroatoms. The molecule has 2 saturated heterocycles. The summed E-state index contributed by atoms with van der Waals surface area (Å²) in [7, 11) is 0. The fraction of sp³-hybridized carbons (Fsp3) is 0.600. The molecule has 4 rings (SSSR count). The highest BCUT2D eigenvalue weighted by Crippen LogP contribution is 2.34. The van der Waals surface area contributed by atoms with Crippen LogP contribution in [0.15, 0.2) is 18.3 Å². The average Bonchev–Trinajstić information content (AvgIpc) is 3.15. The normalized spacial score (nSPS) is 24.5. The summed E-state index contributed by atoms with van der Waals surface area (Å²) >= 11 is 0. The molecule has 0 aliphatic carbocycles. The summed E-state index contributed by atoms with van der Waals surface area (Å²) in [5, 5.41) is 0. The minimum atomic E-state index is 0.132. The van der Waals surface area contributed by atoms with Gasteiger partial charge in [-0.3, -0.25) is 0 Å². The highest BCUT2D eigenvalue weighted by molar-refractivity contribution is 5.71. The van der Waals surface area contributed by atoms with Crippen LogP contribution in [0, 0.1) is 0 Å². The summed E-state index contributed by atoms with van der Waals surface area (Å²) in [6.45, 7) is 2.49. The molecule has 1 unspecified atom stereocenters. The van der Waals surface area contributed by atoms with Crippen LogP contribution in [0.5, 0.6) is 0 Å². The second-order valence-corrected chi connectivity index (χ2v) is 5.53. The van der Waals surface area contributed by atoms with Crippen molar-refractivity contribution in [2.24, 2.45) is 0 Å². The van der Waals surface area contributed by atoms with E-state index in [-0.39, 0.29) is 6.10 Å². The lowest BCUT2D eigenvalue weighted by Crippen LogP contribution is -2.22. The van der Waals surface area contributed by atoms with Crippen molar-refractivity contribution in [1.29, 1.82) is 0 Å². The van der Waals surface area contributed by atoms with Gasteiger partial charge in [0.15, 0.2) is 5.65 Å². The van der Waals surface area contributed by atoms with Gasteiger partial charge in [0.25, 0.3) is 0 Å². The summed E-state index contributed by atoms with van der Waals surface area (Å²) in [4.78, 5) is 9.36. The van der Waals surface area contributed by atoms with Crippen LogP contribution in [-0.4, -0.2) is 34.4 Å². The van der Waals surface area contributed by atoms with E-state index in [1.807, 2.05) is 18.3 Å². The molecule has 2 aliphatic rings. The second-order valence-electron chi connectivity index (χ2n) is 5.53. The molecule has 0 spiro atoms. The molecule has 20 heavy (non-hydrogen) atoms. The van der Waals surface area contributed by atoms with Gasteiger partial charge in [0.05, 0.1) is 0 Å². The van der Waals surface area contributed by atoms with Crippen molar-refractivity contribution in [2.45, 2.75) is 37.8 Å². The predicted octanol–water partition coefficient (Wildman–Crippen LogP) is 2.63. The Morgan fingerprint density at radius 1 is 1.15 bits per heavy atom. The Kier molecular flexibility index (Phi) is 3.16. The zero-order valence-corrected chi connectivity index (χ0v) is 11.5. The predicted molar refractivity (Wildman–Crippen MR) is 74.5 cm³/mol. The van der Waals surface area contributed by atoms with Crippen LogP contribution in [0.4, 0.5) is 0 Å². The minimum absolute atomic E-state index is 0.132. The van der Waals surface area contributed by atoms with Crippen molar-refractivity contribution in [3.05, 3.63) is 24.2 Å². The molecule has 0 N–H and O–H groups in total. The van der Waals surface area contributed by atoms with E-state index >= 15 is 0 Å². The van der Waals surface area contributed by atoms with Crippen molar-refractivity contribution in [3.8, 4) is 0 Å². The number of rotatable bonds is 2. The summed E-state index contributed by atoms with van der Waals surface area (Å²) in [5.41, 5.74) is 1.97. The van der Waals surface area contributed by atoms with Crippen LogP contribution in [0.3, 0.4) is 0 Å². The molecule has 0 radical (unpaired) electrons. The number of hydrogen-bond donors (Lipinski definition) is 0. The summed E-state index contributed by atoms with van der Waals surface area (Å²) in [6.07, 6.45) is 6.22. The number of hydrogen-bond acceptors (Lipinski definition) is 4. The molecular formula is C15H19N3O2. The largest absolute Gasteiger partial charge is 0.381 e. The number of fused-ring (bicyclic) bond motifs is 1. The van der Waals surface area contributed by atoms with Gasteiger partial charge in [0.2, 0.25) is 0 Å². The molecule has 5 nitrogen and oxygen atoms in total. The van der Waals surface area contributed by atoms with Crippen molar-refractivity contribution >= 4 is 11.2 Å². The van der Waals surface area contributed by atoms with E-state index in [1.165, 1.54) is 0 Å². The lowest BCUT2D eigenvalue weighted by molar-refractivity contribution is 0.0624. The molecule has 1 atom stereocenters. The Bertz CT molecular complexity index is 598. The highest BCUT2D eigenvalue weighted by Gasteiger charge is 2.29. The van der Waals surface area contributed by atoms with Crippen molar-refractivity contribution in [2.75, 3.05) is 19.8 Å². The van der Waals surface area contributed by atoms with Crippen LogP contribution >= 0.6 is 0 Å². The van der Waals surface area contributed by atoms with E-state index in [0.29, 0.717) is 6.04 Å². The van der Waals surface area contributed by atoms with Crippen LogP contribution in [-0.2, 0) is 9.47 Å². The van der Waals surface area contributed by atoms with Gasteiger partial charge in [-0.25, -0.2) is 9.97 Å². The quantitative estimate of drug-likeness (QED) is 0.844. The number of ether oxygens (including phenoxy) is 2. The van der Waals surface area contributed by atoms with Crippen molar-refractivity contribution in [1.82, 2.24) is 14.5 Å². The van der Waals surface area contributed by atoms with E-state index in [2.05, 4.69) is 9.55 Å². The van der Waals surface area contributed by atoms with Gasteiger partial charge >= 0.3 is 0 Å². The van der Waals surface area contributed by atoms with Crippen LogP contribution < -0.4 is 0 Å². The van der Waals surface area contributed by atoms with Gasteiger partial charge in [-0.15, -0.1) is 0 Å². The Balaban J connectivity index is 1.83. The SMILES string of the molecule is c1cnc2c(c1)nc(C1CCCO1)n2C1CCOCC1. The van der Waals surface area contributed by atoms with E-state index in [1.54, 1.807) is 0 Å². The molecule has 2 aromatic heterocycles. The van der Waals surface area contributed by atoms with Crippen LogP contribution in [0.1, 0.15) is 43.7 Å². The lowest BCUT2D eigenvalue weighted by Gasteiger charge is -2.26. The first kappa shape index (κ1) is 12.3. The lowest BCUT2D eigenvalue weighted by atomic mass is 10.1. The maximum atomic E-state index is 5.86. The topological polar surface area (TPSA) is 49.2 Å². The van der Waals surface area contributed by atoms with E-state index in [0.717, 1.165) is 62.5 Å². The van der Waals surface area contributed by atoms with Gasteiger partial charge in [-0.05, 0) is 37.8 Å². The number of pyridine rings is 1. The first-order valence-electron chi connectivity index (χ1n) is 7.45. The van der Waals surface area contributed by atoms with E-state index in [9.17, 15) is 0 Å². The van der Waals surface area contributed by atoms with Gasteiger partial charge < -0.3 is 14.0 Å². The third-order valence-electron chi connectivity index (χ3n) is 4.25. The summed E-state index contributed by atoms with van der Waals surface area (Å²) in [6, 6.07) is 4.42. The Hall–Kier alpha value is -1.46. The van der Waals surface area contributed by atoms with Crippen molar-refractivity contribution in [3.63, 3.8) is 0 Å². The molecule has 0 saturated carbocycles. The van der Waals surface area contributed by atoms with E-state index < -0.39 is 0 Å². The number of aromatic nitrogens is 3. The standard InChI is InChI=1S/C15H19N3O2/c1-3-12-14(16-7-1)18(11-5-9-19-10-6-11)15(17-12)13-4-2-8-20-13/h1,3,7,11,13H,2,4-6,8-10H2. The molecule has 0 amide bonds. The van der Waals surface area contributed by atoms with Crippen LogP contribution in [0.25, 0.3) is 11.2 Å². The van der Waals surface area contributed by atoms with Crippen molar-refractivity contribution < 1.29 is 9.47 Å². The molecular weight excluding hydrogens is 254 g/mol. The van der Waals surface area contributed by atoms with Gasteiger partial charge in [-0.2, -0.15) is 0 Å². The summed E-state index contributed by atoms with van der Waals surface area (Å²) in [5.74, 6) is 1.06. The molecule has 4 heterocycles. The Morgan fingerprint density at radius 2 is 2.05 bits per heavy atom. The van der Waals surface area contributed by atoms with Gasteiger partial charge in [0, 0.05) is 32.1 Å². The van der Waals surface area contributed by atoms with E-state index in [4.69, 9.17) is 14.5 Å². The molecule has 2 aromatic rings. The summed E-state index contributed by atoms with van der Waals surface area (Å²) < 4.78 is 13.7. The molecule has 2 aliphatic heterocycles. The third-order valence-corrected chi connectivity index (χ3v) is 4.25. The Labute approximate surface area is 117 Å². The van der Waals surface area contributed by atoms with Gasteiger partial charge in [-0.1, -0.05) is 0 Å². The molecule has 106 valence electrons. The van der Waals surface area contributed by atoms with Crippen LogP contribution in [0.2, 0.25) is 0 Å². The zero-order chi connectivity index (χ0) is 13.4. The monoisotopic (exact) mass is 273 g/mol. The highest BCUT2D eigenvalue weighted by atomic mass is 16.5. The average molecular weight is 273 g/mol. The molecule has 0 bridgehead atoms.